The third-order valence-corrected chi connectivity index (χ3v) is 2.89. The molecule has 0 fully saturated rings. The monoisotopic (exact) mass is 236 g/mol. The molecule has 3 heteroatoms. The minimum absolute atomic E-state index is 0.0144. The molecule has 1 aromatic rings. The van der Waals surface area contributed by atoms with E-state index in [0.29, 0.717) is 19.6 Å². The average molecular weight is 236 g/mol. The van der Waals surface area contributed by atoms with Gasteiger partial charge in [-0.2, -0.15) is 0 Å². The van der Waals surface area contributed by atoms with Crippen molar-refractivity contribution in [3.63, 3.8) is 0 Å². The largest absolute Gasteiger partial charge is 0.392 e. The van der Waals surface area contributed by atoms with Gasteiger partial charge in [-0.05, 0) is 18.9 Å². The van der Waals surface area contributed by atoms with E-state index in [2.05, 4.69) is 0 Å². The van der Waals surface area contributed by atoms with Crippen molar-refractivity contribution in [3.8, 4) is 0 Å². The molecular formula is C14H20O3. The normalized spacial score (nSPS) is 14.3. The number of Topliss-reactive ketones (excluding diaryl/α,β-unsaturated/α-hetero) is 1. The number of benzene rings is 1. The van der Waals surface area contributed by atoms with Crippen LogP contribution in [-0.4, -0.2) is 23.6 Å². The van der Waals surface area contributed by atoms with Crippen molar-refractivity contribution in [2.75, 3.05) is 6.61 Å². The predicted octanol–water partition coefficient (Wildman–Crippen LogP) is 2.18. The topological polar surface area (TPSA) is 46.5 Å². The summed E-state index contributed by atoms with van der Waals surface area (Å²) >= 11 is 0. The van der Waals surface area contributed by atoms with Gasteiger partial charge in [-0.1, -0.05) is 37.3 Å². The van der Waals surface area contributed by atoms with Gasteiger partial charge in [-0.3, -0.25) is 4.79 Å². The SMILES string of the molecule is CC(=O)[C@H](C)[C@@H](O)CCOCc1ccccc1. The van der Waals surface area contributed by atoms with Gasteiger partial charge in [0.1, 0.15) is 5.78 Å². The van der Waals surface area contributed by atoms with E-state index < -0.39 is 6.10 Å². The van der Waals surface area contributed by atoms with Crippen molar-refractivity contribution in [1.82, 2.24) is 0 Å². The zero-order valence-corrected chi connectivity index (χ0v) is 10.4. The number of rotatable bonds is 7. The molecule has 0 spiro atoms. The lowest BCUT2D eigenvalue weighted by molar-refractivity contribution is -0.123. The first-order chi connectivity index (χ1) is 8.11. The highest BCUT2D eigenvalue weighted by Gasteiger charge is 2.17. The van der Waals surface area contributed by atoms with E-state index in [-0.39, 0.29) is 11.7 Å². The quantitative estimate of drug-likeness (QED) is 0.738. The molecule has 0 unspecified atom stereocenters. The van der Waals surface area contributed by atoms with Crippen LogP contribution in [0.1, 0.15) is 25.8 Å². The Morgan fingerprint density at radius 2 is 2.00 bits per heavy atom. The molecule has 0 radical (unpaired) electrons. The van der Waals surface area contributed by atoms with Crippen LogP contribution < -0.4 is 0 Å². The second-order valence-electron chi connectivity index (χ2n) is 4.29. The minimum atomic E-state index is -0.608. The zero-order chi connectivity index (χ0) is 12.7. The Bertz CT molecular complexity index is 335. The molecule has 0 aromatic heterocycles. The lowest BCUT2D eigenvalue weighted by Gasteiger charge is -2.15. The molecule has 2 atom stereocenters. The standard InChI is InChI=1S/C14H20O3/c1-11(12(2)15)14(16)8-9-17-10-13-6-4-3-5-7-13/h3-7,11,14,16H,8-10H2,1-2H3/t11-,14-/m0/s1. The lowest BCUT2D eigenvalue weighted by Crippen LogP contribution is -2.25. The highest BCUT2D eigenvalue weighted by molar-refractivity contribution is 5.78. The zero-order valence-electron chi connectivity index (χ0n) is 10.4. The predicted molar refractivity (Wildman–Crippen MR) is 66.6 cm³/mol. The van der Waals surface area contributed by atoms with E-state index in [9.17, 15) is 9.90 Å². The molecule has 1 rings (SSSR count). The van der Waals surface area contributed by atoms with Gasteiger partial charge in [0.25, 0.3) is 0 Å². The Morgan fingerprint density at radius 3 is 2.59 bits per heavy atom. The van der Waals surface area contributed by atoms with Crippen LogP contribution in [-0.2, 0) is 16.1 Å². The maximum absolute atomic E-state index is 11.0. The average Bonchev–Trinajstić information content (AvgIpc) is 2.34. The number of ketones is 1. The van der Waals surface area contributed by atoms with Gasteiger partial charge in [0.2, 0.25) is 0 Å². The summed E-state index contributed by atoms with van der Waals surface area (Å²) in [6, 6.07) is 9.88. The molecule has 0 saturated carbocycles. The number of aliphatic hydroxyl groups is 1. The van der Waals surface area contributed by atoms with Crippen LogP contribution in [0.25, 0.3) is 0 Å². The maximum Gasteiger partial charge on any atom is 0.135 e. The Hall–Kier alpha value is -1.19. The van der Waals surface area contributed by atoms with E-state index in [1.807, 2.05) is 30.3 Å². The number of hydrogen-bond acceptors (Lipinski definition) is 3. The van der Waals surface area contributed by atoms with Crippen LogP contribution in [0.2, 0.25) is 0 Å². The third-order valence-electron chi connectivity index (χ3n) is 2.89. The van der Waals surface area contributed by atoms with Crippen molar-refractivity contribution < 1.29 is 14.6 Å². The second-order valence-corrected chi connectivity index (χ2v) is 4.29. The summed E-state index contributed by atoms with van der Waals surface area (Å²) in [5.74, 6) is -0.295. The van der Waals surface area contributed by atoms with Crippen LogP contribution in [0.15, 0.2) is 30.3 Å². The molecule has 1 aromatic carbocycles. The first kappa shape index (κ1) is 13.9. The fraction of sp³-hybridized carbons (Fsp3) is 0.500. The maximum atomic E-state index is 11.0. The van der Waals surface area contributed by atoms with E-state index in [1.165, 1.54) is 6.92 Å². The number of hydrogen-bond donors (Lipinski definition) is 1. The van der Waals surface area contributed by atoms with Gasteiger partial charge in [0.15, 0.2) is 0 Å². The van der Waals surface area contributed by atoms with E-state index in [1.54, 1.807) is 6.92 Å². The summed E-state index contributed by atoms with van der Waals surface area (Å²) in [7, 11) is 0. The third kappa shape index (κ3) is 5.11. The van der Waals surface area contributed by atoms with Crippen molar-refractivity contribution in [2.45, 2.75) is 33.0 Å². The number of carbonyl (C=O) groups is 1. The Kier molecular flexibility index (Phi) is 5.87. The van der Waals surface area contributed by atoms with Crippen molar-refractivity contribution >= 4 is 5.78 Å². The molecule has 0 amide bonds. The number of aliphatic hydroxyl groups excluding tert-OH is 1. The van der Waals surface area contributed by atoms with Gasteiger partial charge >= 0.3 is 0 Å². The molecule has 0 aliphatic rings. The van der Waals surface area contributed by atoms with Gasteiger partial charge < -0.3 is 9.84 Å². The molecule has 0 aliphatic carbocycles. The Labute approximate surface area is 102 Å². The van der Waals surface area contributed by atoms with Crippen molar-refractivity contribution in [2.24, 2.45) is 5.92 Å². The summed E-state index contributed by atoms with van der Waals surface area (Å²) in [4.78, 5) is 11.0. The summed E-state index contributed by atoms with van der Waals surface area (Å²) in [5, 5.41) is 9.68. The number of carbonyl (C=O) groups excluding carboxylic acids is 1. The molecule has 0 bridgehead atoms. The van der Waals surface area contributed by atoms with Crippen LogP contribution in [0.5, 0.6) is 0 Å². The van der Waals surface area contributed by atoms with Crippen LogP contribution in [0, 0.1) is 5.92 Å². The molecule has 3 nitrogen and oxygen atoms in total. The first-order valence-corrected chi connectivity index (χ1v) is 5.91. The first-order valence-electron chi connectivity index (χ1n) is 5.91. The summed E-state index contributed by atoms with van der Waals surface area (Å²) < 4.78 is 5.45. The van der Waals surface area contributed by atoms with Gasteiger partial charge in [-0.15, -0.1) is 0 Å². The highest BCUT2D eigenvalue weighted by Crippen LogP contribution is 2.09. The van der Waals surface area contributed by atoms with Crippen LogP contribution in [0.3, 0.4) is 0 Å². The second kappa shape index (κ2) is 7.20. The van der Waals surface area contributed by atoms with E-state index >= 15 is 0 Å². The van der Waals surface area contributed by atoms with Gasteiger partial charge in [0.05, 0.1) is 12.7 Å². The Balaban J connectivity index is 2.18. The van der Waals surface area contributed by atoms with Gasteiger partial charge in [-0.25, -0.2) is 0 Å². The van der Waals surface area contributed by atoms with Crippen LogP contribution >= 0.6 is 0 Å². The lowest BCUT2D eigenvalue weighted by atomic mass is 9.99. The van der Waals surface area contributed by atoms with E-state index in [0.717, 1.165) is 5.56 Å². The molecule has 1 N–H and O–H groups in total. The summed E-state index contributed by atoms with van der Waals surface area (Å²) in [6.07, 6.45) is -0.114. The van der Waals surface area contributed by atoms with Gasteiger partial charge in [0, 0.05) is 12.5 Å². The highest BCUT2D eigenvalue weighted by atomic mass is 16.5. The van der Waals surface area contributed by atoms with E-state index in [4.69, 9.17) is 4.74 Å². The summed E-state index contributed by atoms with van der Waals surface area (Å²) in [6.45, 7) is 4.25. The fourth-order valence-corrected chi connectivity index (χ4v) is 1.49. The number of ether oxygens (including phenoxy) is 1. The molecule has 0 heterocycles. The van der Waals surface area contributed by atoms with Crippen molar-refractivity contribution in [3.05, 3.63) is 35.9 Å². The van der Waals surface area contributed by atoms with Crippen LogP contribution in [0.4, 0.5) is 0 Å². The molecule has 0 aliphatic heterocycles. The molecule has 17 heavy (non-hydrogen) atoms. The van der Waals surface area contributed by atoms with Crippen molar-refractivity contribution in [1.29, 1.82) is 0 Å². The Morgan fingerprint density at radius 1 is 1.35 bits per heavy atom. The summed E-state index contributed by atoms with van der Waals surface area (Å²) in [5.41, 5.74) is 1.11. The molecule has 94 valence electrons. The molecular weight excluding hydrogens is 216 g/mol. The molecule has 0 saturated heterocycles. The fourth-order valence-electron chi connectivity index (χ4n) is 1.49. The smallest absolute Gasteiger partial charge is 0.135 e. The minimum Gasteiger partial charge on any atom is -0.392 e.